The smallest absolute Gasteiger partial charge is 0.338 e. The van der Waals surface area contributed by atoms with Crippen molar-refractivity contribution in [3.05, 3.63) is 109 Å². The normalized spacial score (nSPS) is 10.4. The number of methoxy groups -OCH3 is 1. The van der Waals surface area contributed by atoms with Gasteiger partial charge in [-0.05, 0) is 79.9 Å². The Morgan fingerprint density at radius 3 is 1.67 bits per heavy atom. The molecule has 0 saturated carbocycles. The highest BCUT2D eigenvalue weighted by Crippen LogP contribution is 2.34. The van der Waals surface area contributed by atoms with Gasteiger partial charge < -0.3 is 23.7 Å². The second kappa shape index (κ2) is 14.3. The highest BCUT2D eigenvalue weighted by Gasteiger charge is 2.16. The molecule has 3 aromatic carbocycles. The zero-order chi connectivity index (χ0) is 31.7. The van der Waals surface area contributed by atoms with Gasteiger partial charge in [-0.2, -0.15) is 0 Å². The molecule has 0 N–H and O–H groups in total. The van der Waals surface area contributed by atoms with Crippen molar-refractivity contribution >= 4 is 30.0 Å². The Labute approximate surface area is 249 Å². The molecule has 3 aromatic rings. The van der Waals surface area contributed by atoms with Gasteiger partial charge in [0.15, 0.2) is 23.0 Å². The predicted molar refractivity (Wildman–Crippen MR) is 161 cm³/mol. The molecule has 0 saturated heterocycles. The number of carbonyl (C=O) groups excluding carboxylic acids is 4. The monoisotopic (exact) mass is 582 g/mol. The SMILES string of the molecule is C=C(C)C(=O)Oc1ccc(-c2ccc(OC(=O)/C=C/c3ccc(OC(=O)C(=C)C)c(OC(=O)C(=C)C)c3)c(OC)c2)cc1. The summed E-state index contributed by atoms with van der Waals surface area (Å²) in [5, 5.41) is 0. The lowest BCUT2D eigenvalue weighted by atomic mass is 10.0. The van der Waals surface area contributed by atoms with Gasteiger partial charge in [-0.25, -0.2) is 19.2 Å². The fourth-order valence-electron chi connectivity index (χ4n) is 3.31. The highest BCUT2D eigenvalue weighted by molar-refractivity contribution is 5.92. The Hall–Kier alpha value is -5.70. The van der Waals surface area contributed by atoms with E-state index in [1.54, 1.807) is 55.5 Å². The van der Waals surface area contributed by atoms with Gasteiger partial charge in [0, 0.05) is 22.8 Å². The summed E-state index contributed by atoms with van der Waals surface area (Å²) in [4.78, 5) is 48.5. The quantitative estimate of drug-likeness (QED) is 0.143. The standard InChI is InChI=1S/C34H30O9/c1-20(2)32(36)40-26-13-10-24(11-14-26)25-12-16-27(29(19-25)39-7)41-31(35)17-9-23-8-15-28(42-33(37)21(3)4)30(18-23)43-34(38)22(5)6/h8-19H,1,3,5H2,2,4,6-7H3/b17-9+. The van der Waals surface area contributed by atoms with Crippen LogP contribution in [0, 0.1) is 0 Å². The van der Waals surface area contributed by atoms with Crippen LogP contribution in [0.3, 0.4) is 0 Å². The van der Waals surface area contributed by atoms with Crippen LogP contribution < -0.4 is 23.7 Å². The molecule has 3 rings (SSSR count). The van der Waals surface area contributed by atoms with Crippen molar-refractivity contribution in [2.24, 2.45) is 0 Å². The minimum Gasteiger partial charge on any atom is -0.493 e. The molecule has 0 bridgehead atoms. The third-order valence-corrected chi connectivity index (χ3v) is 5.60. The number of ether oxygens (including phenoxy) is 5. The number of benzene rings is 3. The minimum atomic E-state index is -0.717. The average molecular weight is 583 g/mol. The molecule has 9 nitrogen and oxygen atoms in total. The summed E-state index contributed by atoms with van der Waals surface area (Å²) < 4.78 is 26.7. The molecule has 0 spiro atoms. The fourth-order valence-corrected chi connectivity index (χ4v) is 3.31. The Morgan fingerprint density at radius 1 is 0.581 bits per heavy atom. The topological polar surface area (TPSA) is 114 Å². The van der Waals surface area contributed by atoms with E-state index in [0.29, 0.717) is 22.6 Å². The van der Waals surface area contributed by atoms with Crippen LogP contribution >= 0.6 is 0 Å². The molecule has 0 atom stereocenters. The molecule has 0 heterocycles. The fraction of sp³-hybridized carbons (Fsp3) is 0.118. The highest BCUT2D eigenvalue weighted by atomic mass is 16.6. The molecular formula is C34H30O9. The molecule has 0 radical (unpaired) electrons. The predicted octanol–water partition coefficient (Wildman–Crippen LogP) is 6.43. The van der Waals surface area contributed by atoms with Crippen molar-refractivity contribution in [1.82, 2.24) is 0 Å². The van der Waals surface area contributed by atoms with Crippen molar-refractivity contribution in [3.8, 4) is 39.9 Å². The molecule has 0 aliphatic carbocycles. The van der Waals surface area contributed by atoms with Gasteiger partial charge in [0.1, 0.15) is 5.75 Å². The molecular weight excluding hydrogens is 552 g/mol. The van der Waals surface area contributed by atoms with E-state index in [-0.39, 0.29) is 28.4 Å². The van der Waals surface area contributed by atoms with E-state index in [9.17, 15) is 19.2 Å². The summed E-state index contributed by atoms with van der Waals surface area (Å²) in [5.74, 6) is -1.79. The van der Waals surface area contributed by atoms with Crippen LogP contribution in [0.2, 0.25) is 0 Å². The maximum atomic E-state index is 12.6. The summed E-state index contributed by atoms with van der Waals surface area (Å²) in [6.07, 6.45) is 2.62. The van der Waals surface area contributed by atoms with Crippen LogP contribution in [0.25, 0.3) is 17.2 Å². The second-order valence-corrected chi connectivity index (χ2v) is 9.36. The largest absolute Gasteiger partial charge is 0.493 e. The van der Waals surface area contributed by atoms with Crippen LogP contribution in [0.1, 0.15) is 26.3 Å². The first kappa shape index (κ1) is 31.8. The molecule has 43 heavy (non-hydrogen) atoms. The van der Waals surface area contributed by atoms with Gasteiger partial charge in [0.2, 0.25) is 0 Å². The lowest BCUT2D eigenvalue weighted by Crippen LogP contribution is -2.12. The summed E-state index contributed by atoms with van der Waals surface area (Å²) in [6, 6.07) is 16.3. The van der Waals surface area contributed by atoms with Crippen LogP contribution in [-0.2, 0) is 19.2 Å². The van der Waals surface area contributed by atoms with Crippen molar-refractivity contribution in [3.63, 3.8) is 0 Å². The van der Waals surface area contributed by atoms with Crippen LogP contribution in [0.15, 0.2) is 103 Å². The molecule has 0 unspecified atom stereocenters. The third-order valence-electron chi connectivity index (χ3n) is 5.60. The van der Waals surface area contributed by atoms with Crippen LogP contribution in [-0.4, -0.2) is 31.0 Å². The van der Waals surface area contributed by atoms with E-state index in [1.807, 2.05) is 0 Å². The second-order valence-electron chi connectivity index (χ2n) is 9.36. The molecule has 0 amide bonds. The summed E-state index contributed by atoms with van der Waals surface area (Å²) in [7, 11) is 1.45. The van der Waals surface area contributed by atoms with Gasteiger partial charge in [-0.3, -0.25) is 0 Å². The first-order valence-electron chi connectivity index (χ1n) is 12.8. The minimum absolute atomic E-state index is 0.00494. The Balaban J connectivity index is 1.76. The zero-order valence-electron chi connectivity index (χ0n) is 24.2. The summed E-state index contributed by atoms with van der Waals surface area (Å²) in [5.41, 5.74) is 2.63. The number of rotatable bonds is 11. The number of hydrogen-bond acceptors (Lipinski definition) is 9. The van der Waals surface area contributed by atoms with Gasteiger partial charge in [-0.1, -0.05) is 44.0 Å². The van der Waals surface area contributed by atoms with E-state index in [2.05, 4.69) is 19.7 Å². The van der Waals surface area contributed by atoms with Crippen molar-refractivity contribution in [1.29, 1.82) is 0 Å². The zero-order valence-corrected chi connectivity index (χ0v) is 24.2. The van der Waals surface area contributed by atoms with E-state index in [4.69, 9.17) is 23.7 Å². The van der Waals surface area contributed by atoms with Crippen LogP contribution in [0.5, 0.6) is 28.7 Å². The first-order valence-corrected chi connectivity index (χ1v) is 12.8. The van der Waals surface area contributed by atoms with Crippen molar-refractivity contribution in [2.45, 2.75) is 20.8 Å². The maximum absolute atomic E-state index is 12.6. The van der Waals surface area contributed by atoms with Gasteiger partial charge in [0.25, 0.3) is 0 Å². The number of carbonyl (C=O) groups is 4. The Kier molecular flexibility index (Phi) is 10.6. The van der Waals surface area contributed by atoms with E-state index >= 15 is 0 Å². The molecule has 220 valence electrons. The molecule has 0 aliphatic heterocycles. The number of hydrogen-bond donors (Lipinski definition) is 0. The average Bonchev–Trinajstić information content (AvgIpc) is 2.97. The summed E-state index contributed by atoms with van der Waals surface area (Å²) >= 11 is 0. The van der Waals surface area contributed by atoms with E-state index in [0.717, 1.165) is 11.1 Å². The Bertz CT molecular complexity index is 1640. The lowest BCUT2D eigenvalue weighted by Gasteiger charge is -2.12. The lowest BCUT2D eigenvalue weighted by molar-refractivity contribution is -0.132. The van der Waals surface area contributed by atoms with Gasteiger partial charge in [-0.15, -0.1) is 0 Å². The maximum Gasteiger partial charge on any atom is 0.338 e. The molecule has 9 heteroatoms. The molecule has 0 fully saturated rings. The number of esters is 4. The molecule has 0 aliphatic rings. The van der Waals surface area contributed by atoms with Gasteiger partial charge >= 0.3 is 23.9 Å². The van der Waals surface area contributed by atoms with E-state index < -0.39 is 23.9 Å². The van der Waals surface area contributed by atoms with Crippen molar-refractivity contribution < 1.29 is 42.9 Å². The van der Waals surface area contributed by atoms with E-state index in [1.165, 1.54) is 45.2 Å². The summed E-state index contributed by atoms with van der Waals surface area (Å²) in [6.45, 7) is 15.2. The van der Waals surface area contributed by atoms with Gasteiger partial charge in [0.05, 0.1) is 7.11 Å². The van der Waals surface area contributed by atoms with Crippen LogP contribution in [0.4, 0.5) is 0 Å². The molecule has 0 aromatic heterocycles. The third kappa shape index (κ3) is 8.89. The Morgan fingerprint density at radius 2 is 1.09 bits per heavy atom. The van der Waals surface area contributed by atoms with Crippen molar-refractivity contribution in [2.75, 3.05) is 7.11 Å². The first-order chi connectivity index (χ1) is 20.4.